The van der Waals surface area contributed by atoms with Crippen molar-refractivity contribution in [1.82, 2.24) is 14.8 Å². The maximum atomic E-state index is 13.5. The van der Waals surface area contributed by atoms with Gasteiger partial charge >= 0.3 is 0 Å². The predicted molar refractivity (Wildman–Crippen MR) is 143 cm³/mol. The van der Waals surface area contributed by atoms with E-state index in [1.807, 2.05) is 47.8 Å². The van der Waals surface area contributed by atoms with Crippen molar-refractivity contribution in [2.24, 2.45) is 0 Å². The highest BCUT2D eigenvalue weighted by atomic mass is 79.9. The van der Waals surface area contributed by atoms with Gasteiger partial charge in [0.1, 0.15) is 9.77 Å². The summed E-state index contributed by atoms with van der Waals surface area (Å²) in [6.07, 6.45) is 0.272. The predicted octanol–water partition coefficient (Wildman–Crippen LogP) is 4.46. The highest BCUT2D eigenvalue weighted by Gasteiger charge is 2.33. The van der Waals surface area contributed by atoms with E-state index in [0.717, 1.165) is 16.6 Å². The van der Waals surface area contributed by atoms with E-state index in [1.54, 1.807) is 11.4 Å². The third-order valence-electron chi connectivity index (χ3n) is 5.53. The Hall–Kier alpha value is -2.35. The first-order valence-electron chi connectivity index (χ1n) is 11.0. The number of nitrogens with one attached hydrogen (secondary N) is 1. The number of aromatic nitrogens is 1. The third-order valence-corrected chi connectivity index (χ3v) is 10.1. The van der Waals surface area contributed by atoms with Crippen molar-refractivity contribution in [2.75, 3.05) is 6.54 Å². The summed E-state index contributed by atoms with van der Waals surface area (Å²) in [4.78, 5) is 14.2. The average molecular weight is 611 g/mol. The number of aryl methyl sites for hydroxylation is 1. The molecule has 1 aromatic carbocycles. The smallest absolute Gasteiger partial charge is 0.262 e. The molecule has 4 rings (SSSR count). The number of aliphatic hydroxyl groups is 1. The van der Waals surface area contributed by atoms with Gasteiger partial charge in [-0.25, -0.2) is 8.42 Å². The maximum absolute atomic E-state index is 13.5. The number of aliphatic hydroxyl groups excluding tert-OH is 1. The van der Waals surface area contributed by atoms with Gasteiger partial charge < -0.3 is 14.9 Å². The second-order valence-electron chi connectivity index (χ2n) is 8.06. The van der Waals surface area contributed by atoms with Crippen LogP contribution in [0.4, 0.5) is 0 Å². The van der Waals surface area contributed by atoms with E-state index in [0.29, 0.717) is 15.8 Å². The number of hydrogen-bond donors (Lipinski definition) is 2. The summed E-state index contributed by atoms with van der Waals surface area (Å²) in [5, 5.41) is 21.5. The van der Waals surface area contributed by atoms with E-state index < -0.39 is 22.2 Å². The first-order valence-corrected chi connectivity index (χ1v) is 14.9. The van der Waals surface area contributed by atoms with Crippen LogP contribution in [0.25, 0.3) is 0 Å². The summed E-state index contributed by atoms with van der Waals surface area (Å²) >= 11 is 6.07. The average Bonchev–Trinajstić information content (AvgIpc) is 3.61. The van der Waals surface area contributed by atoms with Crippen LogP contribution in [0.3, 0.4) is 0 Å². The molecule has 0 unspecified atom stereocenters. The second kappa shape index (κ2) is 11.8. The Morgan fingerprint density at radius 2 is 1.94 bits per heavy atom. The molecular formula is C24H24BrN3O5S3. The van der Waals surface area contributed by atoms with Crippen LogP contribution >= 0.6 is 38.6 Å². The van der Waals surface area contributed by atoms with Crippen molar-refractivity contribution in [3.05, 3.63) is 91.0 Å². The lowest BCUT2D eigenvalue weighted by atomic mass is 10.0. The van der Waals surface area contributed by atoms with Gasteiger partial charge in [-0.1, -0.05) is 41.6 Å². The second-order valence-corrected chi connectivity index (χ2v) is 12.8. The molecule has 0 aliphatic carbocycles. The Morgan fingerprint density at radius 1 is 1.17 bits per heavy atom. The molecule has 0 aliphatic heterocycles. The quantitative estimate of drug-likeness (QED) is 0.259. The molecule has 0 radical (unpaired) electrons. The molecule has 0 aliphatic rings. The van der Waals surface area contributed by atoms with Crippen molar-refractivity contribution >= 4 is 54.5 Å². The van der Waals surface area contributed by atoms with Gasteiger partial charge in [0.05, 0.1) is 18.3 Å². The summed E-state index contributed by atoms with van der Waals surface area (Å²) < 4.78 is 33.9. The monoisotopic (exact) mass is 609 g/mol. The van der Waals surface area contributed by atoms with Crippen molar-refractivity contribution in [3.63, 3.8) is 0 Å². The van der Waals surface area contributed by atoms with Crippen LogP contribution < -0.4 is 5.32 Å². The third kappa shape index (κ3) is 6.31. The number of carbonyl (C=O) groups excluding carboxylic acids is 1. The molecule has 3 aromatic heterocycles. The summed E-state index contributed by atoms with van der Waals surface area (Å²) in [6.45, 7) is 1.34. The van der Waals surface area contributed by atoms with E-state index in [4.69, 9.17) is 4.52 Å². The Morgan fingerprint density at radius 3 is 2.56 bits per heavy atom. The van der Waals surface area contributed by atoms with Gasteiger partial charge in [-0.2, -0.15) is 4.31 Å². The van der Waals surface area contributed by atoms with Crippen molar-refractivity contribution in [2.45, 2.75) is 36.9 Å². The van der Waals surface area contributed by atoms with Gasteiger partial charge in [0.25, 0.3) is 5.91 Å². The van der Waals surface area contributed by atoms with Crippen LogP contribution in [0.2, 0.25) is 0 Å². The lowest BCUT2D eigenvalue weighted by molar-refractivity contribution is 0.0782. The molecule has 0 fully saturated rings. The SMILES string of the molecule is Cc1oncc1S(=O)(=O)N(Cc1cccs1)C[C@@H](O)[C@H](Cc1ccccc1)NC(=O)c1sccc1Br. The summed E-state index contributed by atoms with van der Waals surface area (Å²) in [5.74, 6) is -0.184. The van der Waals surface area contributed by atoms with Crippen molar-refractivity contribution < 1.29 is 22.8 Å². The number of thiophene rings is 2. The number of carbonyl (C=O) groups is 1. The lowest BCUT2D eigenvalue weighted by Crippen LogP contribution is -2.50. The molecule has 1 amide bonds. The van der Waals surface area contributed by atoms with Gasteiger partial charge in [0.15, 0.2) is 5.76 Å². The molecule has 2 N–H and O–H groups in total. The molecule has 4 aromatic rings. The number of halogens is 1. The highest BCUT2D eigenvalue weighted by molar-refractivity contribution is 9.10. The normalized spacial score (nSPS) is 13.6. The molecule has 8 nitrogen and oxygen atoms in total. The fourth-order valence-corrected chi connectivity index (χ4v) is 7.45. The minimum Gasteiger partial charge on any atom is -0.390 e. The molecular weight excluding hydrogens is 586 g/mol. The first kappa shape index (κ1) is 26.7. The summed E-state index contributed by atoms with van der Waals surface area (Å²) in [7, 11) is -4.04. The topological polar surface area (TPSA) is 113 Å². The van der Waals surface area contributed by atoms with Gasteiger partial charge in [0.2, 0.25) is 10.0 Å². The van der Waals surface area contributed by atoms with Crippen LogP contribution in [0.1, 0.15) is 25.9 Å². The minimum atomic E-state index is -4.04. The van der Waals surface area contributed by atoms with E-state index in [1.165, 1.54) is 33.9 Å². The summed E-state index contributed by atoms with van der Waals surface area (Å²) in [6, 6.07) is 14.1. The van der Waals surface area contributed by atoms with Crippen molar-refractivity contribution in [3.8, 4) is 0 Å². The van der Waals surface area contributed by atoms with E-state index >= 15 is 0 Å². The molecule has 36 heavy (non-hydrogen) atoms. The molecule has 3 heterocycles. The Bertz CT molecular complexity index is 1390. The molecule has 0 spiro atoms. The molecule has 190 valence electrons. The molecule has 0 bridgehead atoms. The fourth-order valence-electron chi connectivity index (χ4n) is 3.68. The zero-order chi connectivity index (χ0) is 25.7. The molecule has 2 atom stereocenters. The van der Waals surface area contributed by atoms with Crippen LogP contribution in [-0.4, -0.2) is 47.6 Å². The number of nitrogens with zero attached hydrogens (tertiary/aromatic N) is 2. The maximum Gasteiger partial charge on any atom is 0.262 e. The largest absolute Gasteiger partial charge is 0.390 e. The van der Waals surface area contributed by atoms with Crippen LogP contribution in [-0.2, 0) is 23.0 Å². The molecule has 12 heteroatoms. The molecule has 0 saturated carbocycles. The van der Waals surface area contributed by atoms with Gasteiger partial charge in [-0.15, -0.1) is 22.7 Å². The number of amides is 1. The minimum absolute atomic E-state index is 0.0579. The van der Waals surface area contributed by atoms with Crippen LogP contribution in [0.5, 0.6) is 0 Å². The standard InChI is InChI=1S/C24H24BrN3O5S3/c1-16-22(13-26-33-16)36(31,32)28(14-18-8-5-10-34-18)15-21(29)20(12-17-6-3-2-4-7-17)27-24(30)23-19(25)9-11-35-23/h2-11,13,20-21,29H,12,14-15H2,1H3,(H,27,30)/t20-,21+/m0/s1. The van der Waals surface area contributed by atoms with Crippen LogP contribution in [0, 0.1) is 6.92 Å². The molecule has 0 saturated heterocycles. The van der Waals surface area contributed by atoms with Crippen LogP contribution in [0.15, 0.2) is 79.4 Å². The van der Waals surface area contributed by atoms with Gasteiger partial charge in [-0.05, 0) is 57.7 Å². The van der Waals surface area contributed by atoms with E-state index in [9.17, 15) is 18.3 Å². The van der Waals surface area contributed by atoms with Crippen molar-refractivity contribution in [1.29, 1.82) is 0 Å². The fraction of sp³-hybridized carbons (Fsp3) is 0.250. The first-order chi connectivity index (χ1) is 17.3. The van der Waals surface area contributed by atoms with E-state index in [2.05, 4.69) is 26.4 Å². The summed E-state index contributed by atoms with van der Waals surface area (Å²) in [5.41, 5.74) is 0.898. The van der Waals surface area contributed by atoms with Gasteiger partial charge in [-0.3, -0.25) is 4.79 Å². The Kier molecular flexibility index (Phi) is 8.75. The Labute approximate surface area is 225 Å². The highest BCUT2D eigenvalue weighted by Crippen LogP contribution is 2.25. The lowest BCUT2D eigenvalue weighted by Gasteiger charge is -2.29. The number of hydrogen-bond acceptors (Lipinski definition) is 8. The number of rotatable bonds is 11. The number of benzene rings is 1. The zero-order valence-corrected chi connectivity index (χ0v) is 23.2. The van der Waals surface area contributed by atoms with E-state index in [-0.39, 0.29) is 29.7 Å². The number of sulfonamides is 1. The Balaban J connectivity index is 1.62. The zero-order valence-electron chi connectivity index (χ0n) is 19.2. The van der Waals surface area contributed by atoms with Gasteiger partial charge in [0, 0.05) is 22.4 Å².